The Bertz CT molecular complexity index is 861. The van der Waals surface area contributed by atoms with Crippen LogP contribution in [0, 0.1) is 18.8 Å². The maximum atomic E-state index is 12.7. The van der Waals surface area contributed by atoms with Crippen LogP contribution < -0.4 is 5.73 Å². The molecule has 1 saturated carbocycles. The zero-order valence-electron chi connectivity index (χ0n) is 16.4. The minimum absolute atomic E-state index is 0.116. The van der Waals surface area contributed by atoms with Crippen molar-refractivity contribution >= 4 is 11.9 Å². The van der Waals surface area contributed by atoms with Gasteiger partial charge in [-0.15, -0.1) is 0 Å². The maximum Gasteiger partial charge on any atom is 0.344 e. The van der Waals surface area contributed by atoms with Crippen LogP contribution in [0.5, 0.6) is 0 Å². The lowest BCUT2D eigenvalue weighted by atomic mass is 10.0. The summed E-state index contributed by atoms with van der Waals surface area (Å²) in [6.07, 6.45) is 3.74. The monoisotopic (exact) mass is 381 g/mol. The molecule has 2 fully saturated rings. The van der Waals surface area contributed by atoms with E-state index in [9.17, 15) is 9.59 Å². The molecule has 1 aliphatic heterocycles. The fourth-order valence-corrected chi connectivity index (χ4v) is 4.60. The second-order valence-corrected chi connectivity index (χ2v) is 8.24. The van der Waals surface area contributed by atoms with Crippen LogP contribution in [0.1, 0.15) is 34.5 Å². The Morgan fingerprint density at radius 1 is 1.14 bits per heavy atom. The molecule has 2 N–H and O–H groups in total. The van der Waals surface area contributed by atoms with Crippen LogP contribution in [0.3, 0.4) is 0 Å². The van der Waals surface area contributed by atoms with E-state index >= 15 is 0 Å². The molecule has 1 aliphatic carbocycles. The Hall–Kier alpha value is -2.67. The van der Waals surface area contributed by atoms with Crippen molar-refractivity contribution in [2.75, 3.05) is 20.1 Å². The number of nitrogens with two attached hydrogens (primary N) is 1. The number of hydrogen-bond acceptors (Lipinski definition) is 4. The number of benzene rings is 1. The Kier molecular flexibility index (Phi) is 4.93. The minimum atomic E-state index is -0.621. The van der Waals surface area contributed by atoms with Crippen molar-refractivity contribution < 1.29 is 9.59 Å². The average Bonchev–Trinajstić information content (AvgIpc) is 3.37. The van der Waals surface area contributed by atoms with Gasteiger partial charge in [-0.25, -0.2) is 4.79 Å². The van der Waals surface area contributed by atoms with Crippen molar-refractivity contribution in [3.63, 3.8) is 0 Å². The first-order valence-electron chi connectivity index (χ1n) is 9.81. The number of rotatable bonds is 4. The third kappa shape index (κ3) is 3.67. The molecule has 2 aromatic rings. The van der Waals surface area contributed by atoms with E-state index in [1.54, 1.807) is 0 Å². The van der Waals surface area contributed by atoms with Gasteiger partial charge in [-0.2, -0.15) is 9.78 Å². The van der Waals surface area contributed by atoms with E-state index in [-0.39, 0.29) is 11.7 Å². The number of nitrogens with zero attached hydrogens (tertiary/aromatic N) is 4. The third-order valence-corrected chi connectivity index (χ3v) is 6.21. The van der Waals surface area contributed by atoms with Gasteiger partial charge in [-0.1, -0.05) is 29.8 Å². The fourth-order valence-electron chi connectivity index (χ4n) is 4.60. The number of hydrogen-bond donors (Lipinski definition) is 1. The smallest absolute Gasteiger partial charge is 0.344 e. The van der Waals surface area contributed by atoms with Crippen LogP contribution in [0.25, 0.3) is 0 Å². The quantitative estimate of drug-likeness (QED) is 0.879. The first-order chi connectivity index (χ1) is 13.4. The predicted molar refractivity (Wildman–Crippen MR) is 106 cm³/mol. The van der Waals surface area contributed by atoms with Crippen LogP contribution in [0.2, 0.25) is 0 Å². The lowest BCUT2D eigenvalue weighted by Gasteiger charge is -2.26. The van der Waals surface area contributed by atoms with Gasteiger partial charge in [-0.05, 0) is 50.3 Å². The normalized spacial score (nSPS) is 24.0. The Labute approximate surface area is 165 Å². The molecule has 0 radical (unpaired) electrons. The molecule has 4 rings (SSSR count). The molecule has 148 valence electrons. The molecule has 0 bridgehead atoms. The summed E-state index contributed by atoms with van der Waals surface area (Å²) in [6, 6.07) is 10.6. The molecule has 2 amide bonds. The molecule has 28 heavy (non-hydrogen) atoms. The van der Waals surface area contributed by atoms with E-state index in [1.165, 1.54) is 28.1 Å². The van der Waals surface area contributed by atoms with Crippen molar-refractivity contribution in [3.8, 4) is 0 Å². The predicted octanol–water partition coefficient (Wildman–Crippen LogP) is 2.10. The van der Waals surface area contributed by atoms with Crippen molar-refractivity contribution in [3.05, 3.63) is 53.3 Å². The average molecular weight is 381 g/mol. The van der Waals surface area contributed by atoms with Crippen molar-refractivity contribution in [1.29, 1.82) is 0 Å². The van der Waals surface area contributed by atoms with E-state index < -0.39 is 5.91 Å². The summed E-state index contributed by atoms with van der Waals surface area (Å²) in [4.78, 5) is 28.1. The summed E-state index contributed by atoms with van der Waals surface area (Å²) >= 11 is 0. The highest BCUT2D eigenvalue weighted by Gasteiger charge is 2.43. The number of fused-ring (bicyclic) bond motifs is 1. The molecule has 2 heterocycles. The van der Waals surface area contributed by atoms with Gasteiger partial charge < -0.3 is 10.6 Å². The second kappa shape index (κ2) is 7.39. The van der Waals surface area contributed by atoms with Gasteiger partial charge in [0.25, 0.3) is 5.91 Å². The van der Waals surface area contributed by atoms with E-state index in [2.05, 4.69) is 48.2 Å². The first-order valence-corrected chi connectivity index (χ1v) is 9.81. The van der Waals surface area contributed by atoms with E-state index in [4.69, 9.17) is 5.73 Å². The Morgan fingerprint density at radius 3 is 2.36 bits per heavy atom. The standard InChI is InChI=1S/C21H27N5O2/c1-14-3-5-15(6-4-14)11-24(2)18-9-16-12-25(13-17(16)10-18)21(28)26-8-7-19(23-26)20(22)27/h3-8,16-18H,9-13H2,1-2H3,(H2,22,27)/t16-,17+,18-. The lowest BCUT2D eigenvalue weighted by Crippen LogP contribution is -2.36. The van der Waals surface area contributed by atoms with Crippen molar-refractivity contribution in [2.45, 2.75) is 32.4 Å². The fraction of sp³-hybridized carbons (Fsp3) is 0.476. The SMILES string of the molecule is Cc1ccc(CN(C)[C@@H]2C[C@@H]3CN(C(=O)n4ccc(C(N)=O)n4)C[C@@H]3C2)cc1. The minimum Gasteiger partial charge on any atom is -0.364 e. The molecule has 7 nitrogen and oxygen atoms in total. The largest absolute Gasteiger partial charge is 0.364 e. The molecule has 1 aromatic heterocycles. The van der Waals surface area contributed by atoms with Gasteiger partial charge >= 0.3 is 6.03 Å². The number of carbonyl (C=O) groups is 2. The summed E-state index contributed by atoms with van der Waals surface area (Å²) in [5.41, 5.74) is 7.96. The number of primary amides is 1. The van der Waals surface area contributed by atoms with E-state index in [0.29, 0.717) is 17.9 Å². The van der Waals surface area contributed by atoms with Crippen molar-refractivity contribution in [2.24, 2.45) is 17.6 Å². The number of aryl methyl sites for hydroxylation is 1. The Morgan fingerprint density at radius 2 is 1.79 bits per heavy atom. The van der Waals surface area contributed by atoms with Gasteiger partial charge in [0.15, 0.2) is 5.69 Å². The topological polar surface area (TPSA) is 84.5 Å². The lowest BCUT2D eigenvalue weighted by molar-refractivity contribution is 0.0995. The van der Waals surface area contributed by atoms with Gasteiger partial charge in [0, 0.05) is 31.9 Å². The number of likely N-dealkylation sites (tertiary alicyclic amines) is 1. The van der Waals surface area contributed by atoms with Crippen LogP contribution in [-0.4, -0.2) is 57.7 Å². The van der Waals surface area contributed by atoms with Crippen molar-refractivity contribution in [1.82, 2.24) is 19.6 Å². The highest BCUT2D eigenvalue weighted by atomic mass is 16.2. The molecule has 0 unspecified atom stereocenters. The molecule has 0 spiro atoms. The van der Waals surface area contributed by atoms with Gasteiger partial charge in [0.2, 0.25) is 0 Å². The Balaban J connectivity index is 1.33. The molecule has 1 saturated heterocycles. The highest BCUT2D eigenvalue weighted by Crippen LogP contribution is 2.40. The summed E-state index contributed by atoms with van der Waals surface area (Å²) in [6.45, 7) is 4.57. The summed E-state index contributed by atoms with van der Waals surface area (Å²) < 4.78 is 1.22. The molecule has 7 heteroatoms. The van der Waals surface area contributed by atoms with E-state index in [1.807, 2.05) is 4.90 Å². The zero-order chi connectivity index (χ0) is 19.8. The van der Waals surface area contributed by atoms with Gasteiger partial charge in [0.05, 0.1) is 0 Å². The second-order valence-electron chi connectivity index (χ2n) is 8.24. The molecule has 2 aliphatic rings. The van der Waals surface area contributed by atoms with Gasteiger partial charge in [-0.3, -0.25) is 9.69 Å². The van der Waals surface area contributed by atoms with Gasteiger partial charge in [0.1, 0.15) is 0 Å². The van der Waals surface area contributed by atoms with Crippen LogP contribution >= 0.6 is 0 Å². The number of aromatic nitrogens is 2. The zero-order valence-corrected chi connectivity index (χ0v) is 16.4. The number of amides is 2. The first kappa shape index (κ1) is 18.7. The summed E-state index contributed by atoms with van der Waals surface area (Å²) in [5, 5.41) is 3.99. The van der Waals surface area contributed by atoms with Crippen LogP contribution in [-0.2, 0) is 6.54 Å². The van der Waals surface area contributed by atoms with Crippen LogP contribution in [0.4, 0.5) is 4.79 Å². The molecule has 1 aromatic carbocycles. The number of carbonyl (C=O) groups excluding carboxylic acids is 2. The van der Waals surface area contributed by atoms with Crippen LogP contribution in [0.15, 0.2) is 36.5 Å². The maximum absolute atomic E-state index is 12.7. The highest BCUT2D eigenvalue weighted by molar-refractivity contribution is 5.91. The summed E-state index contributed by atoms with van der Waals surface area (Å²) in [5.74, 6) is 0.436. The van der Waals surface area contributed by atoms with E-state index in [0.717, 1.165) is 32.5 Å². The molecular weight excluding hydrogens is 354 g/mol. The molecule has 3 atom stereocenters. The summed E-state index contributed by atoms with van der Waals surface area (Å²) in [7, 11) is 2.20. The molecular formula is C21H27N5O2. The third-order valence-electron chi connectivity index (χ3n) is 6.21.